The third-order valence-electron chi connectivity index (χ3n) is 6.22. The number of rotatable bonds is 0. The molecule has 2 bridgehead atoms. The minimum absolute atomic E-state index is 0.0954. The molecule has 2 heterocycles. The Morgan fingerprint density at radius 3 is 3.14 bits per heavy atom. The van der Waals surface area contributed by atoms with Crippen LogP contribution in [0.25, 0.3) is 0 Å². The Morgan fingerprint density at radius 2 is 2.29 bits per heavy atom. The normalized spacial score (nSPS) is 39.9. The lowest BCUT2D eigenvalue weighted by molar-refractivity contribution is -0.132. The number of likely N-dealkylation sites (tertiary alicyclic amines) is 1. The summed E-state index contributed by atoms with van der Waals surface area (Å²) in [5, 5.41) is 10.2. The molecular formula is C17H18NO3. The van der Waals surface area contributed by atoms with Crippen molar-refractivity contribution in [3.05, 3.63) is 29.7 Å². The largest absolute Gasteiger partial charge is 0.504 e. The van der Waals surface area contributed by atoms with E-state index < -0.39 is 6.10 Å². The van der Waals surface area contributed by atoms with Crippen LogP contribution >= 0.6 is 0 Å². The number of ether oxygens (including phenoxy) is 1. The van der Waals surface area contributed by atoms with Gasteiger partial charge in [0.15, 0.2) is 23.4 Å². The molecule has 4 nitrogen and oxygen atoms in total. The van der Waals surface area contributed by atoms with Crippen LogP contribution in [0.15, 0.2) is 12.1 Å². The van der Waals surface area contributed by atoms with Crippen molar-refractivity contribution < 1.29 is 14.6 Å². The number of carbonyl (C=O) groups is 1. The quantitative estimate of drug-likeness (QED) is 0.783. The maximum atomic E-state index is 12.4. The SMILES string of the molecule is CN1CC[C@]23c4c5ccc(O)c4OC2C(=O)[CH]CC3[C@H]1C5. The predicted molar refractivity (Wildman–Crippen MR) is 76.4 cm³/mol. The number of phenols is 1. The van der Waals surface area contributed by atoms with E-state index in [1.165, 1.54) is 5.56 Å². The van der Waals surface area contributed by atoms with Crippen molar-refractivity contribution in [1.82, 2.24) is 4.90 Å². The fraction of sp³-hybridized carbons (Fsp3) is 0.529. The average molecular weight is 284 g/mol. The molecule has 1 saturated carbocycles. The van der Waals surface area contributed by atoms with Gasteiger partial charge in [0, 0.05) is 23.4 Å². The van der Waals surface area contributed by atoms with Gasteiger partial charge in [0.05, 0.1) is 0 Å². The number of Topliss-reactive ketones (excluding diaryl/α,β-unsaturated/α-hetero) is 1. The number of benzene rings is 1. The van der Waals surface area contributed by atoms with Crippen LogP contribution in [0.2, 0.25) is 0 Å². The summed E-state index contributed by atoms with van der Waals surface area (Å²) in [4.78, 5) is 14.9. The fourth-order valence-corrected chi connectivity index (χ4v) is 5.32. The molecule has 0 amide bonds. The summed E-state index contributed by atoms with van der Waals surface area (Å²) >= 11 is 0. The van der Waals surface area contributed by atoms with Crippen LogP contribution < -0.4 is 4.74 Å². The summed E-state index contributed by atoms with van der Waals surface area (Å²) < 4.78 is 6.01. The molecule has 109 valence electrons. The highest BCUT2D eigenvalue weighted by molar-refractivity contribution is 5.95. The van der Waals surface area contributed by atoms with Crippen LogP contribution in [0.5, 0.6) is 11.5 Å². The molecule has 2 unspecified atom stereocenters. The van der Waals surface area contributed by atoms with Gasteiger partial charge in [-0.1, -0.05) is 6.07 Å². The van der Waals surface area contributed by atoms with Crippen LogP contribution in [0, 0.1) is 12.3 Å². The van der Waals surface area contributed by atoms with Gasteiger partial charge in [-0.2, -0.15) is 0 Å². The lowest BCUT2D eigenvalue weighted by Gasteiger charge is -2.56. The summed E-state index contributed by atoms with van der Waals surface area (Å²) in [5.41, 5.74) is 2.20. The molecule has 4 atom stereocenters. The summed E-state index contributed by atoms with van der Waals surface area (Å²) in [6.45, 7) is 0.989. The Kier molecular flexibility index (Phi) is 2.07. The average Bonchev–Trinajstić information content (AvgIpc) is 2.83. The van der Waals surface area contributed by atoms with Crippen LogP contribution in [0.1, 0.15) is 24.0 Å². The van der Waals surface area contributed by atoms with E-state index in [2.05, 4.69) is 11.9 Å². The Bertz CT molecular complexity index is 670. The fourth-order valence-electron chi connectivity index (χ4n) is 5.32. The Balaban J connectivity index is 1.83. The van der Waals surface area contributed by atoms with Gasteiger partial charge in [-0.3, -0.25) is 4.79 Å². The molecular weight excluding hydrogens is 266 g/mol. The second kappa shape index (κ2) is 3.61. The molecule has 2 aliphatic heterocycles. The van der Waals surface area contributed by atoms with Crippen molar-refractivity contribution in [3.8, 4) is 11.5 Å². The van der Waals surface area contributed by atoms with Gasteiger partial charge in [0.25, 0.3) is 0 Å². The standard InChI is InChI=1S/C17H18NO3/c1-18-7-6-17-10-3-5-13(20)16(17)21-15-12(19)4-2-9(14(15)17)8-11(10)18/h2,4-5,10-11,16,19H,3,6-8H2,1H3/t10?,11-,16?,17+/m1/s1. The van der Waals surface area contributed by atoms with E-state index in [1.54, 1.807) is 6.07 Å². The van der Waals surface area contributed by atoms with Crippen LogP contribution in [-0.4, -0.2) is 41.5 Å². The molecule has 0 aromatic heterocycles. The van der Waals surface area contributed by atoms with Crippen molar-refractivity contribution in [2.75, 3.05) is 13.6 Å². The van der Waals surface area contributed by atoms with Gasteiger partial charge >= 0.3 is 0 Å². The third-order valence-corrected chi connectivity index (χ3v) is 6.22. The number of likely N-dealkylation sites (N-methyl/N-ethyl adjacent to an activating group) is 1. The van der Waals surface area contributed by atoms with Gasteiger partial charge < -0.3 is 14.7 Å². The Hall–Kier alpha value is -1.55. The molecule has 2 aliphatic carbocycles. The zero-order valence-corrected chi connectivity index (χ0v) is 12.0. The molecule has 1 saturated heterocycles. The first-order valence-electron chi connectivity index (χ1n) is 7.72. The first-order valence-corrected chi connectivity index (χ1v) is 7.72. The molecule has 1 aromatic carbocycles. The topological polar surface area (TPSA) is 49.8 Å². The maximum absolute atomic E-state index is 12.4. The molecule has 21 heavy (non-hydrogen) atoms. The van der Waals surface area contributed by atoms with Gasteiger partial charge in [0.1, 0.15) is 0 Å². The summed E-state index contributed by atoms with van der Waals surface area (Å²) in [7, 11) is 2.19. The van der Waals surface area contributed by atoms with Crippen LogP contribution in [0.3, 0.4) is 0 Å². The van der Waals surface area contributed by atoms with Gasteiger partial charge in [-0.25, -0.2) is 0 Å². The number of carbonyl (C=O) groups excluding carboxylic acids is 1. The predicted octanol–water partition coefficient (Wildman–Crippen LogP) is 1.44. The number of phenolic OH excluding ortho intramolecular Hbond substituents is 1. The molecule has 4 aliphatic rings. The molecule has 5 rings (SSSR count). The number of ketones is 1. The van der Waals surface area contributed by atoms with Crippen molar-refractivity contribution >= 4 is 5.78 Å². The highest BCUT2D eigenvalue weighted by Gasteiger charge is 2.65. The second-order valence-corrected chi connectivity index (χ2v) is 6.94. The van der Waals surface area contributed by atoms with E-state index in [9.17, 15) is 9.90 Å². The van der Waals surface area contributed by atoms with E-state index in [4.69, 9.17) is 4.74 Å². The summed E-state index contributed by atoms with van der Waals surface area (Å²) in [5.74, 6) is 1.28. The molecule has 2 fully saturated rings. The lowest BCUT2D eigenvalue weighted by Crippen LogP contribution is -2.65. The first kappa shape index (κ1) is 12.0. The van der Waals surface area contributed by atoms with E-state index in [0.717, 1.165) is 31.4 Å². The summed E-state index contributed by atoms with van der Waals surface area (Å²) in [6.07, 6.45) is 4.16. The Morgan fingerprint density at radius 1 is 1.43 bits per heavy atom. The number of nitrogens with zero attached hydrogens (tertiary/aromatic N) is 1. The zero-order valence-electron chi connectivity index (χ0n) is 12.0. The van der Waals surface area contributed by atoms with Crippen LogP contribution in [-0.2, 0) is 16.6 Å². The maximum Gasteiger partial charge on any atom is 0.178 e. The highest BCUT2D eigenvalue weighted by Crippen LogP contribution is 2.62. The Labute approximate surface area is 123 Å². The second-order valence-electron chi connectivity index (χ2n) is 6.94. The van der Waals surface area contributed by atoms with Crippen molar-refractivity contribution in [1.29, 1.82) is 0 Å². The van der Waals surface area contributed by atoms with Gasteiger partial charge in [-0.05, 0) is 50.4 Å². The molecule has 4 heteroatoms. The van der Waals surface area contributed by atoms with Gasteiger partial charge in [-0.15, -0.1) is 0 Å². The minimum Gasteiger partial charge on any atom is -0.504 e. The van der Waals surface area contributed by atoms with Crippen molar-refractivity contribution in [2.24, 2.45) is 5.92 Å². The molecule has 1 aromatic rings. The van der Waals surface area contributed by atoms with Crippen LogP contribution in [0.4, 0.5) is 0 Å². The lowest BCUT2D eigenvalue weighted by atomic mass is 9.52. The van der Waals surface area contributed by atoms with E-state index in [1.807, 2.05) is 12.5 Å². The zero-order chi connectivity index (χ0) is 14.4. The number of piperidine rings is 1. The van der Waals surface area contributed by atoms with E-state index in [-0.39, 0.29) is 16.9 Å². The highest BCUT2D eigenvalue weighted by atomic mass is 16.5. The van der Waals surface area contributed by atoms with E-state index in [0.29, 0.717) is 17.7 Å². The van der Waals surface area contributed by atoms with Crippen molar-refractivity contribution in [3.63, 3.8) is 0 Å². The van der Waals surface area contributed by atoms with Gasteiger partial charge in [0.2, 0.25) is 0 Å². The van der Waals surface area contributed by atoms with Crippen molar-refractivity contribution in [2.45, 2.75) is 36.8 Å². The monoisotopic (exact) mass is 284 g/mol. The van der Waals surface area contributed by atoms with E-state index >= 15 is 0 Å². The number of hydrogen-bond acceptors (Lipinski definition) is 4. The summed E-state index contributed by atoms with van der Waals surface area (Å²) in [6, 6.07) is 4.20. The molecule has 1 radical (unpaired) electrons. The number of hydrogen-bond donors (Lipinski definition) is 1. The minimum atomic E-state index is -0.421. The number of aromatic hydroxyl groups is 1. The first-order chi connectivity index (χ1) is 10.1. The third kappa shape index (κ3) is 1.20. The molecule has 1 N–H and O–H groups in total. The molecule has 1 spiro atoms. The smallest absolute Gasteiger partial charge is 0.178 e.